The van der Waals surface area contributed by atoms with Gasteiger partial charge in [0, 0.05) is 12.8 Å². The largest absolute Gasteiger partial charge is 0.455 e. The lowest BCUT2D eigenvalue weighted by molar-refractivity contribution is -0.146. The maximum atomic E-state index is 11.1. The monoisotopic (exact) mass is 192 g/mol. The zero-order chi connectivity index (χ0) is 10.2. The van der Waals surface area contributed by atoms with E-state index in [1.807, 2.05) is 6.92 Å². The summed E-state index contributed by atoms with van der Waals surface area (Å²) >= 11 is 0. The highest BCUT2D eigenvalue weighted by Gasteiger charge is 2.40. The third-order valence-corrected chi connectivity index (χ3v) is 3.21. The number of rotatable bonds is 1. The molecule has 14 heavy (non-hydrogen) atoms. The summed E-state index contributed by atoms with van der Waals surface area (Å²) in [5, 5.41) is 0. The second-order valence-corrected chi connectivity index (χ2v) is 4.39. The van der Waals surface area contributed by atoms with Crippen LogP contribution in [0.15, 0.2) is 24.3 Å². The van der Waals surface area contributed by atoms with Crippen molar-refractivity contribution < 1.29 is 9.53 Å². The Kier molecular flexibility index (Phi) is 2.22. The van der Waals surface area contributed by atoms with Gasteiger partial charge in [-0.05, 0) is 31.8 Å². The summed E-state index contributed by atoms with van der Waals surface area (Å²) in [5.41, 5.74) is 0.934. The topological polar surface area (TPSA) is 26.3 Å². The highest BCUT2D eigenvalue weighted by molar-refractivity contribution is 5.72. The normalized spacial score (nSPS) is 36.1. The van der Waals surface area contributed by atoms with Gasteiger partial charge in [-0.3, -0.25) is 4.79 Å². The minimum atomic E-state index is -0.261. The van der Waals surface area contributed by atoms with Crippen LogP contribution in [0.2, 0.25) is 0 Å². The molecule has 2 rings (SSSR count). The van der Waals surface area contributed by atoms with Crippen LogP contribution in [-0.2, 0) is 9.53 Å². The predicted molar refractivity (Wildman–Crippen MR) is 54.7 cm³/mol. The molecule has 2 aliphatic rings. The Morgan fingerprint density at radius 2 is 2.43 bits per heavy atom. The van der Waals surface area contributed by atoms with Crippen molar-refractivity contribution in [2.75, 3.05) is 0 Å². The first kappa shape index (κ1) is 9.50. The van der Waals surface area contributed by atoms with Crippen molar-refractivity contribution in [3.63, 3.8) is 0 Å². The van der Waals surface area contributed by atoms with E-state index in [0.717, 1.165) is 19.3 Å². The molecule has 1 spiro atoms. The van der Waals surface area contributed by atoms with Gasteiger partial charge in [0.1, 0.15) is 5.60 Å². The van der Waals surface area contributed by atoms with E-state index in [0.29, 0.717) is 12.3 Å². The summed E-state index contributed by atoms with van der Waals surface area (Å²) in [4.78, 5) is 11.1. The molecule has 76 valence electrons. The number of allylic oxidation sites excluding steroid dienone is 2. The maximum absolute atomic E-state index is 11.1. The molecule has 2 atom stereocenters. The van der Waals surface area contributed by atoms with E-state index >= 15 is 0 Å². The lowest BCUT2D eigenvalue weighted by Crippen LogP contribution is -2.29. The molecular formula is C12H16O2. The zero-order valence-electron chi connectivity index (χ0n) is 8.58. The molecule has 0 radical (unpaired) electrons. The molecule has 0 bridgehead atoms. The summed E-state index contributed by atoms with van der Waals surface area (Å²) < 4.78 is 5.36. The van der Waals surface area contributed by atoms with Gasteiger partial charge in [-0.25, -0.2) is 0 Å². The molecule has 2 heteroatoms. The van der Waals surface area contributed by atoms with Crippen molar-refractivity contribution in [1.82, 2.24) is 0 Å². The lowest BCUT2D eigenvalue weighted by Gasteiger charge is -2.30. The maximum Gasteiger partial charge on any atom is 0.306 e. The van der Waals surface area contributed by atoms with Crippen molar-refractivity contribution >= 4 is 5.97 Å². The summed E-state index contributed by atoms with van der Waals surface area (Å²) in [7, 11) is 0. The van der Waals surface area contributed by atoms with Gasteiger partial charge in [0.05, 0.1) is 0 Å². The molecule has 0 saturated carbocycles. The molecule has 0 aromatic carbocycles. The highest BCUT2D eigenvalue weighted by atomic mass is 16.6. The van der Waals surface area contributed by atoms with E-state index in [2.05, 4.69) is 18.7 Å². The van der Waals surface area contributed by atoms with Gasteiger partial charge in [-0.1, -0.05) is 18.2 Å². The fourth-order valence-electron chi connectivity index (χ4n) is 2.22. The predicted octanol–water partition coefficient (Wildman–Crippen LogP) is 2.60. The first-order chi connectivity index (χ1) is 6.61. The van der Waals surface area contributed by atoms with Crippen LogP contribution in [0.5, 0.6) is 0 Å². The molecule has 1 fully saturated rings. The summed E-state index contributed by atoms with van der Waals surface area (Å²) in [6, 6.07) is 0. The Morgan fingerprint density at radius 1 is 1.64 bits per heavy atom. The third kappa shape index (κ3) is 1.61. The Labute approximate surface area is 84.6 Å². The first-order valence-electron chi connectivity index (χ1n) is 5.18. The molecule has 1 heterocycles. The van der Waals surface area contributed by atoms with E-state index in [9.17, 15) is 4.79 Å². The van der Waals surface area contributed by atoms with Crippen molar-refractivity contribution in [2.24, 2.45) is 5.92 Å². The van der Waals surface area contributed by atoms with Crippen molar-refractivity contribution in [3.8, 4) is 0 Å². The van der Waals surface area contributed by atoms with E-state index in [1.54, 1.807) is 0 Å². The summed E-state index contributed by atoms with van der Waals surface area (Å²) in [6.07, 6.45) is 7.64. The van der Waals surface area contributed by atoms with Crippen molar-refractivity contribution in [2.45, 2.75) is 38.2 Å². The van der Waals surface area contributed by atoms with Crippen molar-refractivity contribution in [1.29, 1.82) is 0 Å². The van der Waals surface area contributed by atoms with E-state index in [4.69, 9.17) is 4.74 Å². The molecule has 0 aromatic rings. The molecule has 0 N–H and O–H groups in total. The minimum Gasteiger partial charge on any atom is -0.455 e. The second kappa shape index (κ2) is 3.26. The Morgan fingerprint density at radius 3 is 2.86 bits per heavy atom. The van der Waals surface area contributed by atoms with Crippen LogP contribution in [0.4, 0.5) is 0 Å². The lowest BCUT2D eigenvalue weighted by atomic mass is 9.81. The summed E-state index contributed by atoms with van der Waals surface area (Å²) in [5.74, 6) is 0.420. The van der Waals surface area contributed by atoms with Crippen LogP contribution in [0.3, 0.4) is 0 Å². The second-order valence-electron chi connectivity index (χ2n) is 4.39. The van der Waals surface area contributed by atoms with Gasteiger partial charge < -0.3 is 4.74 Å². The fourth-order valence-corrected chi connectivity index (χ4v) is 2.22. The molecule has 0 aromatic heterocycles. The van der Waals surface area contributed by atoms with Crippen LogP contribution in [0.25, 0.3) is 0 Å². The first-order valence-corrected chi connectivity index (χ1v) is 5.18. The van der Waals surface area contributed by atoms with Crippen LogP contribution in [0, 0.1) is 5.92 Å². The van der Waals surface area contributed by atoms with Gasteiger partial charge in [-0.15, -0.1) is 0 Å². The molecule has 1 aliphatic heterocycles. The Hall–Kier alpha value is -1.05. The Balaban J connectivity index is 2.10. The standard InChI is InChI=1S/C12H16O2/c1-9(2)10-3-6-12(7-4-10)8-5-11(13)14-12/h3,6,10H,1,4-5,7-8H2,2H3/t10-,12?/m1/s1. The minimum absolute atomic E-state index is 0.0524. The smallest absolute Gasteiger partial charge is 0.306 e. The number of hydrogen-bond acceptors (Lipinski definition) is 2. The van der Waals surface area contributed by atoms with Crippen LogP contribution in [0.1, 0.15) is 32.6 Å². The summed E-state index contributed by atoms with van der Waals surface area (Å²) in [6.45, 7) is 6.00. The average Bonchev–Trinajstić information content (AvgIpc) is 2.48. The molecule has 1 unspecified atom stereocenters. The molecule has 0 amide bonds. The number of hydrogen-bond donors (Lipinski definition) is 0. The van der Waals surface area contributed by atoms with E-state index in [1.165, 1.54) is 5.57 Å². The van der Waals surface area contributed by atoms with Crippen molar-refractivity contribution in [3.05, 3.63) is 24.3 Å². The van der Waals surface area contributed by atoms with Crippen LogP contribution in [-0.4, -0.2) is 11.6 Å². The third-order valence-electron chi connectivity index (χ3n) is 3.21. The zero-order valence-corrected chi connectivity index (χ0v) is 8.58. The molecule has 1 saturated heterocycles. The van der Waals surface area contributed by atoms with E-state index < -0.39 is 0 Å². The average molecular weight is 192 g/mol. The SMILES string of the molecule is C=C(C)[C@@H]1C=CC2(CCC(=O)O2)CC1. The van der Waals surface area contributed by atoms with Gasteiger partial charge in [-0.2, -0.15) is 0 Å². The Bertz CT molecular complexity index is 303. The highest BCUT2D eigenvalue weighted by Crippen LogP contribution is 2.38. The quantitative estimate of drug-likeness (QED) is 0.471. The molecule has 1 aliphatic carbocycles. The van der Waals surface area contributed by atoms with Gasteiger partial charge in [0.25, 0.3) is 0 Å². The number of carbonyl (C=O) groups excluding carboxylic acids is 1. The van der Waals surface area contributed by atoms with Gasteiger partial charge >= 0.3 is 5.97 Å². The van der Waals surface area contributed by atoms with E-state index in [-0.39, 0.29) is 11.6 Å². The van der Waals surface area contributed by atoms with Gasteiger partial charge in [0.2, 0.25) is 0 Å². The van der Waals surface area contributed by atoms with Crippen LogP contribution < -0.4 is 0 Å². The number of ether oxygens (including phenoxy) is 1. The van der Waals surface area contributed by atoms with Gasteiger partial charge in [0.15, 0.2) is 0 Å². The number of esters is 1. The molecule has 2 nitrogen and oxygen atoms in total. The fraction of sp³-hybridized carbons (Fsp3) is 0.583. The van der Waals surface area contributed by atoms with Crippen LogP contribution >= 0.6 is 0 Å². The molecular weight excluding hydrogens is 176 g/mol. The number of carbonyl (C=O) groups is 1.